The summed E-state index contributed by atoms with van der Waals surface area (Å²) in [5.41, 5.74) is 0. The van der Waals surface area contributed by atoms with Crippen molar-refractivity contribution >= 4 is 0 Å². The monoisotopic (exact) mass is 197 g/mol. The number of aliphatic hydroxyl groups excluding tert-OH is 2. The van der Waals surface area contributed by atoms with Crippen LogP contribution in [0.25, 0.3) is 0 Å². The van der Waals surface area contributed by atoms with Gasteiger partial charge in [-0.15, -0.1) is 10.2 Å². The van der Waals surface area contributed by atoms with Gasteiger partial charge in [0, 0.05) is 12.8 Å². The van der Waals surface area contributed by atoms with Crippen LogP contribution in [-0.2, 0) is 12.8 Å². The maximum absolute atomic E-state index is 9.21. The zero-order valence-corrected chi connectivity index (χ0v) is 8.06. The summed E-state index contributed by atoms with van der Waals surface area (Å²) in [6.07, 6.45) is 3.47. The van der Waals surface area contributed by atoms with Gasteiger partial charge >= 0.3 is 0 Å². The zero-order chi connectivity index (χ0) is 9.97. The Bertz CT molecular complexity index is 311. The van der Waals surface area contributed by atoms with Crippen LogP contribution in [0.5, 0.6) is 0 Å². The van der Waals surface area contributed by atoms with Gasteiger partial charge in [0.2, 0.25) is 0 Å². The molecule has 78 valence electrons. The molecule has 1 atom stereocenters. The first-order valence-corrected chi connectivity index (χ1v) is 5.01. The number of nitrogens with zero attached hydrogens (tertiary/aromatic N) is 3. The minimum Gasteiger partial charge on any atom is -0.396 e. The van der Waals surface area contributed by atoms with Crippen LogP contribution in [0.2, 0.25) is 0 Å². The molecule has 1 aliphatic rings. The topological polar surface area (TPSA) is 71.2 Å². The van der Waals surface area contributed by atoms with Gasteiger partial charge in [-0.05, 0) is 12.8 Å². The predicted molar refractivity (Wildman–Crippen MR) is 49.9 cm³/mol. The van der Waals surface area contributed by atoms with Crippen molar-refractivity contribution < 1.29 is 10.2 Å². The fourth-order valence-electron chi connectivity index (χ4n) is 2.02. The first-order valence-electron chi connectivity index (χ1n) is 5.01. The van der Waals surface area contributed by atoms with Gasteiger partial charge in [0.25, 0.3) is 0 Å². The molecule has 14 heavy (non-hydrogen) atoms. The summed E-state index contributed by atoms with van der Waals surface area (Å²) in [4.78, 5) is 0. The Kier molecular flexibility index (Phi) is 2.79. The number of aliphatic hydroxyl groups is 2. The lowest BCUT2D eigenvalue weighted by atomic mass is 10.0. The highest BCUT2D eigenvalue weighted by atomic mass is 16.3. The molecule has 5 heteroatoms. The SMILES string of the molecule is OCCc1nnc2n1C(CO)CCC2. The lowest BCUT2D eigenvalue weighted by molar-refractivity contribution is 0.201. The molecule has 1 aliphatic heterocycles. The summed E-state index contributed by atoms with van der Waals surface area (Å²) >= 11 is 0. The Labute approximate surface area is 82.4 Å². The second-order valence-corrected chi connectivity index (χ2v) is 3.60. The molecule has 5 nitrogen and oxygen atoms in total. The van der Waals surface area contributed by atoms with E-state index >= 15 is 0 Å². The van der Waals surface area contributed by atoms with E-state index in [1.54, 1.807) is 0 Å². The number of aromatic nitrogens is 3. The zero-order valence-electron chi connectivity index (χ0n) is 8.06. The molecule has 2 heterocycles. The highest BCUT2D eigenvalue weighted by Crippen LogP contribution is 2.24. The molecular formula is C9H15N3O2. The van der Waals surface area contributed by atoms with Gasteiger partial charge in [0.15, 0.2) is 0 Å². The van der Waals surface area contributed by atoms with E-state index in [2.05, 4.69) is 10.2 Å². The van der Waals surface area contributed by atoms with Crippen molar-refractivity contribution in [1.82, 2.24) is 14.8 Å². The fourth-order valence-corrected chi connectivity index (χ4v) is 2.02. The highest BCUT2D eigenvalue weighted by Gasteiger charge is 2.23. The van der Waals surface area contributed by atoms with Crippen LogP contribution in [-0.4, -0.2) is 38.2 Å². The lowest BCUT2D eigenvalue weighted by Gasteiger charge is -2.24. The third-order valence-electron chi connectivity index (χ3n) is 2.69. The second-order valence-electron chi connectivity index (χ2n) is 3.60. The van der Waals surface area contributed by atoms with Crippen LogP contribution in [0.15, 0.2) is 0 Å². The maximum atomic E-state index is 9.21. The molecule has 0 amide bonds. The Morgan fingerprint density at radius 2 is 2.21 bits per heavy atom. The van der Waals surface area contributed by atoms with Gasteiger partial charge in [-0.25, -0.2) is 0 Å². The van der Waals surface area contributed by atoms with Gasteiger partial charge in [0.1, 0.15) is 11.6 Å². The second kappa shape index (κ2) is 4.06. The summed E-state index contributed by atoms with van der Waals surface area (Å²) in [5, 5.41) is 26.2. The van der Waals surface area contributed by atoms with Crippen molar-refractivity contribution in [3.63, 3.8) is 0 Å². The Morgan fingerprint density at radius 3 is 2.93 bits per heavy atom. The summed E-state index contributed by atoms with van der Waals surface area (Å²) in [6, 6.07) is 0.107. The van der Waals surface area contributed by atoms with E-state index in [0.717, 1.165) is 30.9 Å². The highest BCUT2D eigenvalue weighted by molar-refractivity contribution is 5.02. The van der Waals surface area contributed by atoms with Crippen LogP contribution in [0.1, 0.15) is 30.5 Å². The molecule has 1 unspecified atom stereocenters. The average Bonchev–Trinajstić information content (AvgIpc) is 2.62. The van der Waals surface area contributed by atoms with Crippen LogP contribution in [0.3, 0.4) is 0 Å². The van der Waals surface area contributed by atoms with E-state index in [-0.39, 0.29) is 19.3 Å². The number of hydrogen-bond acceptors (Lipinski definition) is 4. The van der Waals surface area contributed by atoms with Gasteiger partial charge < -0.3 is 14.8 Å². The minimum absolute atomic E-state index is 0.0796. The number of aryl methyl sites for hydroxylation is 1. The van der Waals surface area contributed by atoms with Crippen molar-refractivity contribution in [2.75, 3.05) is 13.2 Å². The molecule has 0 saturated heterocycles. The molecule has 0 bridgehead atoms. The average molecular weight is 197 g/mol. The molecule has 0 saturated carbocycles. The Morgan fingerprint density at radius 1 is 1.36 bits per heavy atom. The Hall–Kier alpha value is -0.940. The van der Waals surface area contributed by atoms with Gasteiger partial charge in [-0.1, -0.05) is 0 Å². The largest absolute Gasteiger partial charge is 0.396 e. The molecule has 0 fully saturated rings. The molecule has 1 aromatic heterocycles. The summed E-state index contributed by atoms with van der Waals surface area (Å²) in [7, 11) is 0. The minimum atomic E-state index is 0.0796. The van der Waals surface area contributed by atoms with E-state index in [4.69, 9.17) is 5.11 Å². The molecule has 0 spiro atoms. The first kappa shape index (κ1) is 9.61. The van der Waals surface area contributed by atoms with E-state index < -0.39 is 0 Å². The third-order valence-corrected chi connectivity index (χ3v) is 2.69. The quantitative estimate of drug-likeness (QED) is 0.697. The predicted octanol–water partition coefficient (Wildman–Crippen LogP) is -0.317. The summed E-state index contributed by atoms with van der Waals surface area (Å²) in [6.45, 7) is 0.208. The van der Waals surface area contributed by atoms with E-state index in [1.807, 2.05) is 4.57 Å². The van der Waals surface area contributed by atoms with Crippen LogP contribution in [0, 0.1) is 0 Å². The van der Waals surface area contributed by atoms with Crippen molar-refractivity contribution in [3.05, 3.63) is 11.6 Å². The number of hydrogen-bond donors (Lipinski definition) is 2. The van der Waals surface area contributed by atoms with Gasteiger partial charge in [-0.3, -0.25) is 0 Å². The number of fused-ring (bicyclic) bond motifs is 1. The standard InChI is InChI=1S/C9H15N3O2/c13-5-4-9-11-10-8-3-1-2-7(6-14)12(8)9/h7,13-14H,1-6H2. The van der Waals surface area contributed by atoms with E-state index in [9.17, 15) is 5.11 Å². The van der Waals surface area contributed by atoms with Crippen LogP contribution >= 0.6 is 0 Å². The molecule has 0 radical (unpaired) electrons. The molecule has 2 N–H and O–H groups in total. The first-order chi connectivity index (χ1) is 6.86. The van der Waals surface area contributed by atoms with Crippen LogP contribution in [0.4, 0.5) is 0 Å². The van der Waals surface area contributed by atoms with Crippen molar-refractivity contribution in [1.29, 1.82) is 0 Å². The van der Waals surface area contributed by atoms with E-state index in [1.165, 1.54) is 0 Å². The van der Waals surface area contributed by atoms with Crippen LogP contribution < -0.4 is 0 Å². The third kappa shape index (κ3) is 1.53. The molecule has 1 aromatic rings. The molecule has 0 aromatic carbocycles. The fraction of sp³-hybridized carbons (Fsp3) is 0.778. The Balaban J connectivity index is 2.31. The van der Waals surface area contributed by atoms with Crippen molar-refractivity contribution in [2.45, 2.75) is 31.7 Å². The lowest BCUT2D eigenvalue weighted by Crippen LogP contribution is -2.23. The van der Waals surface area contributed by atoms with E-state index in [0.29, 0.717) is 6.42 Å². The molecule has 0 aliphatic carbocycles. The molecular weight excluding hydrogens is 182 g/mol. The maximum Gasteiger partial charge on any atom is 0.135 e. The normalized spacial score (nSPS) is 20.9. The van der Waals surface area contributed by atoms with Crippen molar-refractivity contribution in [2.24, 2.45) is 0 Å². The molecule has 2 rings (SSSR count). The smallest absolute Gasteiger partial charge is 0.135 e. The van der Waals surface area contributed by atoms with Gasteiger partial charge in [0.05, 0.1) is 19.3 Å². The number of rotatable bonds is 3. The van der Waals surface area contributed by atoms with Gasteiger partial charge in [-0.2, -0.15) is 0 Å². The summed E-state index contributed by atoms with van der Waals surface area (Å²) < 4.78 is 1.99. The summed E-state index contributed by atoms with van der Waals surface area (Å²) in [5.74, 6) is 1.74. The van der Waals surface area contributed by atoms with Crippen molar-refractivity contribution in [3.8, 4) is 0 Å².